The van der Waals surface area contributed by atoms with Crippen LogP contribution in [-0.2, 0) is 6.54 Å². The second-order valence-electron chi connectivity index (χ2n) is 4.13. The lowest BCUT2D eigenvalue weighted by molar-refractivity contribution is 0.0696. The minimum atomic E-state index is -0.891. The SMILES string of the molecule is CC.Cc1ccccc1NCc1ccccc1C(=O)O. The Balaban J connectivity index is 0.000000956. The van der Waals surface area contributed by atoms with Gasteiger partial charge in [0.05, 0.1) is 5.56 Å². The molecule has 0 spiro atoms. The Morgan fingerprint density at radius 3 is 2.30 bits per heavy atom. The maximum atomic E-state index is 11.1. The average molecular weight is 271 g/mol. The lowest BCUT2D eigenvalue weighted by Gasteiger charge is -2.11. The van der Waals surface area contributed by atoms with Gasteiger partial charge in [-0.25, -0.2) is 4.79 Å². The molecule has 0 heterocycles. The Labute approximate surface area is 120 Å². The largest absolute Gasteiger partial charge is 0.478 e. The first-order valence-electron chi connectivity index (χ1n) is 6.79. The molecule has 20 heavy (non-hydrogen) atoms. The molecule has 2 N–H and O–H groups in total. The van der Waals surface area contributed by atoms with E-state index in [4.69, 9.17) is 5.11 Å². The predicted octanol–water partition coefficient (Wildman–Crippen LogP) is 4.33. The topological polar surface area (TPSA) is 49.3 Å². The number of para-hydroxylation sites is 1. The van der Waals surface area contributed by atoms with Gasteiger partial charge in [-0.2, -0.15) is 0 Å². The van der Waals surface area contributed by atoms with E-state index >= 15 is 0 Å². The van der Waals surface area contributed by atoms with Gasteiger partial charge >= 0.3 is 5.97 Å². The van der Waals surface area contributed by atoms with Crippen molar-refractivity contribution in [3.63, 3.8) is 0 Å². The van der Waals surface area contributed by atoms with Crippen LogP contribution in [0, 0.1) is 6.92 Å². The Hall–Kier alpha value is -2.29. The third-order valence-corrected chi connectivity index (χ3v) is 2.86. The first-order valence-corrected chi connectivity index (χ1v) is 6.79. The van der Waals surface area contributed by atoms with E-state index in [9.17, 15) is 4.79 Å². The minimum absolute atomic E-state index is 0.346. The molecule has 0 aliphatic carbocycles. The van der Waals surface area contributed by atoms with Crippen LogP contribution in [-0.4, -0.2) is 11.1 Å². The van der Waals surface area contributed by atoms with Crippen molar-refractivity contribution >= 4 is 11.7 Å². The van der Waals surface area contributed by atoms with Crippen molar-refractivity contribution in [3.05, 3.63) is 65.2 Å². The van der Waals surface area contributed by atoms with E-state index in [1.54, 1.807) is 12.1 Å². The quantitative estimate of drug-likeness (QED) is 0.870. The van der Waals surface area contributed by atoms with Gasteiger partial charge in [-0.15, -0.1) is 0 Å². The Kier molecular flexibility index (Phi) is 6.30. The Morgan fingerprint density at radius 1 is 1.05 bits per heavy atom. The third-order valence-electron chi connectivity index (χ3n) is 2.86. The fraction of sp³-hybridized carbons (Fsp3) is 0.235. The number of carboxylic acids is 1. The highest BCUT2D eigenvalue weighted by molar-refractivity contribution is 5.89. The molecular weight excluding hydrogens is 250 g/mol. The van der Waals surface area contributed by atoms with Gasteiger partial charge < -0.3 is 10.4 Å². The molecule has 0 aliphatic heterocycles. The van der Waals surface area contributed by atoms with E-state index < -0.39 is 5.97 Å². The van der Waals surface area contributed by atoms with Gasteiger partial charge in [-0.1, -0.05) is 50.2 Å². The van der Waals surface area contributed by atoms with E-state index in [0.717, 1.165) is 16.8 Å². The third kappa shape index (κ3) is 4.12. The summed E-state index contributed by atoms with van der Waals surface area (Å²) in [5.41, 5.74) is 3.30. The molecule has 0 unspecified atom stereocenters. The van der Waals surface area contributed by atoms with Crippen LogP contribution in [0.4, 0.5) is 5.69 Å². The summed E-state index contributed by atoms with van der Waals surface area (Å²) in [6, 6.07) is 15.0. The zero-order valence-corrected chi connectivity index (χ0v) is 12.2. The molecular formula is C17H21NO2. The molecule has 0 fully saturated rings. The predicted molar refractivity (Wildman–Crippen MR) is 83.3 cm³/mol. The molecule has 0 amide bonds. The molecule has 0 aromatic heterocycles. The standard InChI is InChI=1S/C15H15NO2.C2H6/c1-11-6-2-5-9-14(11)16-10-12-7-3-4-8-13(12)15(17)18;1-2/h2-9,16H,10H2,1H3,(H,17,18);1-2H3. The van der Waals surface area contributed by atoms with Crippen molar-refractivity contribution in [1.82, 2.24) is 0 Å². The summed E-state index contributed by atoms with van der Waals surface area (Å²) in [6.07, 6.45) is 0. The summed E-state index contributed by atoms with van der Waals surface area (Å²) in [5, 5.41) is 12.4. The van der Waals surface area contributed by atoms with E-state index in [2.05, 4.69) is 5.32 Å². The molecule has 3 nitrogen and oxygen atoms in total. The van der Waals surface area contributed by atoms with Crippen LogP contribution < -0.4 is 5.32 Å². The number of aromatic carboxylic acids is 1. The number of carboxylic acid groups (broad SMARTS) is 1. The smallest absolute Gasteiger partial charge is 0.336 e. The monoisotopic (exact) mass is 271 g/mol. The number of nitrogens with one attached hydrogen (secondary N) is 1. The van der Waals surface area contributed by atoms with Gasteiger partial charge in [0, 0.05) is 12.2 Å². The van der Waals surface area contributed by atoms with Gasteiger partial charge in [0.2, 0.25) is 0 Å². The van der Waals surface area contributed by atoms with Crippen molar-refractivity contribution in [2.75, 3.05) is 5.32 Å². The molecule has 0 aliphatic rings. The fourth-order valence-corrected chi connectivity index (χ4v) is 1.84. The van der Waals surface area contributed by atoms with E-state index in [-0.39, 0.29) is 0 Å². The van der Waals surface area contributed by atoms with E-state index in [1.807, 2.05) is 57.2 Å². The number of anilines is 1. The van der Waals surface area contributed by atoms with Crippen molar-refractivity contribution < 1.29 is 9.90 Å². The molecule has 106 valence electrons. The fourth-order valence-electron chi connectivity index (χ4n) is 1.84. The second-order valence-corrected chi connectivity index (χ2v) is 4.13. The van der Waals surface area contributed by atoms with Crippen LogP contribution in [0.2, 0.25) is 0 Å². The van der Waals surface area contributed by atoms with Crippen molar-refractivity contribution in [2.45, 2.75) is 27.3 Å². The van der Waals surface area contributed by atoms with Gasteiger partial charge in [0.1, 0.15) is 0 Å². The molecule has 3 heteroatoms. The van der Waals surface area contributed by atoms with E-state index in [1.165, 1.54) is 0 Å². The van der Waals surface area contributed by atoms with Gasteiger partial charge in [0.15, 0.2) is 0 Å². The van der Waals surface area contributed by atoms with Gasteiger partial charge in [-0.3, -0.25) is 0 Å². The molecule has 2 aromatic carbocycles. The first kappa shape index (κ1) is 15.8. The summed E-state index contributed by atoms with van der Waals surface area (Å²) in [4.78, 5) is 11.1. The maximum Gasteiger partial charge on any atom is 0.336 e. The normalized spacial score (nSPS) is 9.35. The van der Waals surface area contributed by atoms with Gasteiger partial charge in [0.25, 0.3) is 0 Å². The maximum absolute atomic E-state index is 11.1. The zero-order chi connectivity index (χ0) is 15.0. The van der Waals surface area contributed by atoms with Crippen LogP contribution >= 0.6 is 0 Å². The minimum Gasteiger partial charge on any atom is -0.478 e. The summed E-state index contributed by atoms with van der Waals surface area (Å²) in [5.74, 6) is -0.891. The van der Waals surface area contributed by atoms with Crippen LogP contribution in [0.3, 0.4) is 0 Å². The van der Waals surface area contributed by atoms with Crippen LogP contribution in [0.15, 0.2) is 48.5 Å². The number of hydrogen-bond donors (Lipinski definition) is 2. The highest BCUT2D eigenvalue weighted by Gasteiger charge is 2.08. The van der Waals surface area contributed by atoms with Crippen molar-refractivity contribution in [3.8, 4) is 0 Å². The Bertz CT molecular complexity index is 564. The molecule has 0 radical (unpaired) electrons. The molecule has 2 rings (SSSR count). The van der Waals surface area contributed by atoms with Gasteiger partial charge in [-0.05, 0) is 30.2 Å². The summed E-state index contributed by atoms with van der Waals surface area (Å²) >= 11 is 0. The zero-order valence-electron chi connectivity index (χ0n) is 12.2. The number of hydrogen-bond acceptors (Lipinski definition) is 2. The van der Waals surface area contributed by atoms with Crippen LogP contribution in [0.5, 0.6) is 0 Å². The summed E-state index contributed by atoms with van der Waals surface area (Å²) in [7, 11) is 0. The molecule has 0 atom stereocenters. The highest BCUT2D eigenvalue weighted by atomic mass is 16.4. The first-order chi connectivity index (χ1) is 9.68. The van der Waals surface area contributed by atoms with Crippen LogP contribution in [0.25, 0.3) is 0 Å². The van der Waals surface area contributed by atoms with Crippen LogP contribution in [0.1, 0.15) is 35.3 Å². The number of carbonyl (C=O) groups is 1. The average Bonchev–Trinajstić information content (AvgIpc) is 2.49. The van der Waals surface area contributed by atoms with E-state index in [0.29, 0.717) is 12.1 Å². The molecule has 0 bridgehead atoms. The Morgan fingerprint density at radius 2 is 1.65 bits per heavy atom. The second kappa shape index (κ2) is 8.00. The molecule has 2 aromatic rings. The van der Waals surface area contributed by atoms with Crippen molar-refractivity contribution in [1.29, 1.82) is 0 Å². The van der Waals surface area contributed by atoms with Crippen molar-refractivity contribution in [2.24, 2.45) is 0 Å². The molecule has 0 saturated heterocycles. The number of benzene rings is 2. The summed E-state index contributed by atoms with van der Waals surface area (Å²) < 4.78 is 0. The lowest BCUT2D eigenvalue weighted by Crippen LogP contribution is -2.07. The molecule has 0 saturated carbocycles. The summed E-state index contributed by atoms with van der Waals surface area (Å²) in [6.45, 7) is 6.53. The lowest BCUT2D eigenvalue weighted by atomic mass is 10.1. The highest BCUT2D eigenvalue weighted by Crippen LogP contribution is 2.16. The number of rotatable bonds is 4. The number of aryl methyl sites for hydroxylation is 1.